The van der Waals surface area contributed by atoms with Gasteiger partial charge in [-0.1, -0.05) is 24.3 Å². The molecule has 1 aliphatic rings. The molecule has 4 rings (SSSR count). The lowest BCUT2D eigenvalue weighted by atomic mass is 10.1. The van der Waals surface area contributed by atoms with E-state index in [1.165, 1.54) is 23.3 Å². The normalized spacial score (nSPS) is 14.6. The van der Waals surface area contributed by atoms with Gasteiger partial charge < -0.3 is 10.6 Å². The lowest BCUT2D eigenvalue weighted by Crippen LogP contribution is -2.31. The van der Waals surface area contributed by atoms with Crippen LogP contribution in [0.1, 0.15) is 35.3 Å². The standard InChI is InChI=1S/C24H26N4O3S/c1-17(23-5-3-4-12-25-23)26-24(29)27-21-8-10-22(11-9-21)32(30,31)16-18-6-7-19-14-28(2)15-20(19)13-18/h3-13,17H,14-16H2,1-2H3,(H2,26,27,29). The number of urea groups is 1. The fourth-order valence-corrected chi connectivity index (χ4v) is 5.16. The molecule has 1 atom stereocenters. The van der Waals surface area contributed by atoms with E-state index in [-0.39, 0.29) is 22.7 Å². The van der Waals surface area contributed by atoms with Gasteiger partial charge >= 0.3 is 6.03 Å². The molecule has 0 fully saturated rings. The Morgan fingerprint density at radius 2 is 1.81 bits per heavy atom. The molecule has 32 heavy (non-hydrogen) atoms. The summed E-state index contributed by atoms with van der Waals surface area (Å²) in [5.41, 5.74) is 4.48. The second-order valence-corrected chi connectivity index (χ2v) is 10.1. The van der Waals surface area contributed by atoms with Crippen LogP contribution in [0.2, 0.25) is 0 Å². The number of aromatic nitrogens is 1. The monoisotopic (exact) mass is 450 g/mol. The molecule has 0 aliphatic carbocycles. The lowest BCUT2D eigenvalue weighted by molar-refractivity contribution is 0.249. The van der Waals surface area contributed by atoms with Crippen LogP contribution in [0.15, 0.2) is 71.8 Å². The Morgan fingerprint density at radius 3 is 2.53 bits per heavy atom. The molecule has 0 spiro atoms. The number of fused-ring (bicyclic) bond motifs is 1. The first kappa shape index (κ1) is 22.0. The molecule has 2 heterocycles. The van der Waals surface area contributed by atoms with E-state index in [2.05, 4.69) is 20.5 Å². The van der Waals surface area contributed by atoms with E-state index in [9.17, 15) is 13.2 Å². The second-order valence-electron chi connectivity index (χ2n) is 8.13. The van der Waals surface area contributed by atoms with Gasteiger partial charge in [-0.2, -0.15) is 0 Å². The molecule has 2 N–H and O–H groups in total. The summed E-state index contributed by atoms with van der Waals surface area (Å²) in [5, 5.41) is 5.54. The smallest absolute Gasteiger partial charge is 0.319 e. The fraction of sp³-hybridized carbons (Fsp3) is 0.250. The summed E-state index contributed by atoms with van der Waals surface area (Å²) in [5.74, 6) is -0.0567. The third-order valence-electron chi connectivity index (χ3n) is 5.46. The van der Waals surface area contributed by atoms with Crippen LogP contribution in [-0.4, -0.2) is 31.4 Å². The van der Waals surface area contributed by atoms with E-state index in [1.54, 1.807) is 18.3 Å². The van der Waals surface area contributed by atoms with Crippen molar-refractivity contribution >= 4 is 21.6 Å². The van der Waals surface area contributed by atoms with Crippen LogP contribution in [0.25, 0.3) is 0 Å². The van der Waals surface area contributed by atoms with Gasteiger partial charge in [0.15, 0.2) is 9.84 Å². The molecule has 166 valence electrons. The zero-order valence-corrected chi connectivity index (χ0v) is 18.9. The van der Waals surface area contributed by atoms with Crippen molar-refractivity contribution in [3.8, 4) is 0 Å². The summed E-state index contributed by atoms with van der Waals surface area (Å²) < 4.78 is 25.8. The summed E-state index contributed by atoms with van der Waals surface area (Å²) >= 11 is 0. The molecular formula is C24H26N4O3S. The van der Waals surface area contributed by atoms with Gasteiger partial charge in [0.25, 0.3) is 0 Å². The molecule has 0 saturated carbocycles. The van der Waals surface area contributed by atoms with E-state index in [4.69, 9.17) is 0 Å². The second kappa shape index (κ2) is 9.10. The lowest BCUT2D eigenvalue weighted by Gasteiger charge is -2.14. The highest BCUT2D eigenvalue weighted by atomic mass is 32.2. The van der Waals surface area contributed by atoms with E-state index >= 15 is 0 Å². The average Bonchev–Trinajstić information content (AvgIpc) is 3.13. The van der Waals surface area contributed by atoms with Gasteiger partial charge in [0, 0.05) is 25.0 Å². The van der Waals surface area contributed by atoms with Crippen molar-refractivity contribution in [3.05, 3.63) is 89.2 Å². The first-order chi connectivity index (χ1) is 15.3. The summed E-state index contributed by atoms with van der Waals surface area (Å²) in [4.78, 5) is 18.9. The number of carbonyl (C=O) groups is 1. The van der Waals surface area contributed by atoms with Crippen molar-refractivity contribution in [3.63, 3.8) is 0 Å². The Kier molecular flexibility index (Phi) is 6.25. The van der Waals surface area contributed by atoms with E-state index in [0.717, 1.165) is 24.3 Å². The minimum Gasteiger partial charge on any atom is -0.330 e. The first-order valence-corrected chi connectivity index (χ1v) is 12.1. The highest BCUT2D eigenvalue weighted by Crippen LogP contribution is 2.25. The van der Waals surface area contributed by atoms with Crippen LogP contribution in [0.3, 0.4) is 0 Å². The van der Waals surface area contributed by atoms with Gasteiger partial charge in [0.05, 0.1) is 22.4 Å². The van der Waals surface area contributed by atoms with Crippen LogP contribution in [0.5, 0.6) is 0 Å². The van der Waals surface area contributed by atoms with Crippen LogP contribution < -0.4 is 10.6 Å². The Balaban J connectivity index is 1.38. The molecule has 0 bridgehead atoms. The minimum absolute atomic E-state index is 0.0567. The third kappa shape index (κ3) is 5.15. The molecule has 1 aliphatic heterocycles. The molecule has 2 amide bonds. The first-order valence-electron chi connectivity index (χ1n) is 10.4. The van der Waals surface area contributed by atoms with E-state index < -0.39 is 9.84 Å². The number of anilines is 1. The summed E-state index contributed by atoms with van der Waals surface area (Å²) in [6.07, 6.45) is 1.67. The number of pyridine rings is 1. The molecule has 8 heteroatoms. The quantitative estimate of drug-likeness (QED) is 0.595. The molecule has 3 aromatic rings. The van der Waals surface area contributed by atoms with Gasteiger partial charge in [0.2, 0.25) is 0 Å². The molecule has 2 aromatic carbocycles. The summed E-state index contributed by atoms with van der Waals surface area (Å²) in [6.45, 7) is 3.57. The van der Waals surface area contributed by atoms with Gasteiger partial charge in [-0.05, 0) is 67.1 Å². The van der Waals surface area contributed by atoms with E-state index in [1.807, 2.05) is 50.4 Å². The zero-order valence-electron chi connectivity index (χ0n) is 18.1. The number of benzene rings is 2. The summed E-state index contributed by atoms with van der Waals surface area (Å²) in [7, 11) is -1.45. The van der Waals surface area contributed by atoms with Gasteiger partial charge in [-0.15, -0.1) is 0 Å². The van der Waals surface area contributed by atoms with Crippen molar-refractivity contribution in [2.24, 2.45) is 0 Å². The molecule has 1 aromatic heterocycles. The number of nitrogens with zero attached hydrogens (tertiary/aromatic N) is 2. The number of carbonyl (C=O) groups excluding carboxylic acids is 1. The summed E-state index contributed by atoms with van der Waals surface area (Å²) in [6, 6.07) is 17.0. The fourth-order valence-electron chi connectivity index (χ4n) is 3.83. The maximum absolute atomic E-state index is 12.9. The van der Waals surface area contributed by atoms with Crippen LogP contribution >= 0.6 is 0 Å². The number of nitrogens with one attached hydrogen (secondary N) is 2. The van der Waals surface area contributed by atoms with E-state index in [0.29, 0.717) is 5.69 Å². The molecule has 0 radical (unpaired) electrons. The SMILES string of the molecule is CC(NC(=O)Nc1ccc(S(=O)(=O)Cc2ccc3c(c2)CN(C)C3)cc1)c1ccccn1. The van der Waals surface area contributed by atoms with Crippen LogP contribution in [0.4, 0.5) is 10.5 Å². The maximum Gasteiger partial charge on any atom is 0.319 e. The van der Waals surface area contributed by atoms with Crippen molar-refractivity contribution in [1.29, 1.82) is 0 Å². The number of hydrogen-bond donors (Lipinski definition) is 2. The highest BCUT2D eigenvalue weighted by molar-refractivity contribution is 7.90. The van der Waals surface area contributed by atoms with Crippen LogP contribution in [0, 0.1) is 0 Å². The van der Waals surface area contributed by atoms with Gasteiger partial charge in [0.1, 0.15) is 0 Å². The number of rotatable bonds is 6. The minimum atomic E-state index is -3.49. The average molecular weight is 451 g/mol. The Labute approximate surface area is 188 Å². The third-order valence-corrected chi connectivity index (χ3v) is 7.16. The van der Waals surface area contributed by atoms with Gasteiger partial charge in [-0.25, -0.2) is 13.2 Å². The van der Waals surface area contributed by atoms with Crippen LogP contribution in [-0.2, 0) is 28.7 Å². The maximum atomic E-state index is 12.9. The van der Waals surface area contributed by atoms with Gasteiger partial charge in [-0.3, -0.25) is 9.88 Å². The molecule has 1 unspecified atom stereocenters. The largest absolute Gasteiger partial charge is 0.330 e. The Bertz CT molecular complexity index is 1210. The number of amides is 2. The molecule has 7 nitrogen and oxygen atoms in total. The van der Waals surface area contributed by atoms with Crippen molar-refractivity contribution in [2.75, 3.05) is 12.4 Å². The molecular weight excluding hydrogens is 424 g/mol. The topological polar surface area (TPSA) is 91.4 Å². The number of sulfone groups is 1. The molecule has 0 saturated heterocycles. The van der Waals surface area contributed by atoms with Crippen molar-refractivity contribution in [1.82, 2.24) is 15.2 Å². The highest BCUT2D eigenvalue weighted by Gasteiger charge is 2.19. The Hall–Kier alpha value is -3.23. The Morgan fingerprint density at radius 1 is 1.06 bits per heavy atom. The van der Waals surface area contributed by atoms with Crippen molar-refractivity contribution in [2.45, 2.75) is 36.7 Å². The predicted octanol–water partition coefficient (Wildman–Crippen LogP) is 3.88. The number of hydrogen-bond acceptors (Lipinski definition) is 5. The predicted molar refractivity (Wildman–Crippen MR) is 124 cm³/mol. The zero-order chi connectivity index (χ0) is 22.7. The van der Waals surface area contributed by atoms with Crippen molar-refractivity contribution < 1.29 is 13.2 Å².